The van der Waals surface area contributed by atoms with Crippen LogP contribution < -0.4 is 10.2 Å². The number of hydrogen-bond acceptors (Lipinski definition) is 2. The molecule has 1 saturated heterocycles. The molecule has 0 radical (unpaired) electrons. The first-order valence-corrected chi connectivity index (χ1v) is 6.16. The monoisotopic (exact) mass is 218 g/mol. The summed E-state index contributed by atoms with van der Waals surface area (Å²) in [6, 6.07) is 8.72. The van der Waals surface area contributed by atoms with Gasteiger partial charge in [0.05, 0.1) is 0 Å². The molecule has 1 aromatic rings. The molecule has 2 rings (SSSR count). The van der Waals surface area contributed by atoms with Crippen LogP contribution in [0.2, 0.25) is 0 Å². The van der Waals surface area contributed by atoms with E-state index in [1.807, 2.05) is 0 Å². The Kier molecular flexibility index (Phi) is 3.20. The quantitative estimate of drug-likeness (QED) is 0.836. The SMILES string of the molecule is CCNCc1ccccc1N1CC(C)(C)C1. The Bertz CT molecular complexity index is 350. The van der Waals surface area contributed by atoms with E-state index in [0.29, 0.717) is 5.41 Å². The highest BCUT2D eigenvalue weighted by Gasteiger charge is 2.34. The molecular weight excluding hydrogens is 196 g/mol. The van der Waals surface area contributed by atoms with Crippen molar-refractivity contribution in [2.75, 3.05) is 24.5 Å². The van der Waals surface area contributed by atoms with Crippen LogP contribution in [-0.4, -0.2) is 19.6 Å². The van der Waals surface area contributed by atoms with E-state index in [0.717, 1.165) is 13.1 Å². The molecule has 1 fully saturated rings. The van der Waals surface area contributed by atoms with Gasteiger partial charge in [-0.3, -0.25) is 0 Å². The Labute approximate surface area is 98.7 Å². The fourth-order valence-electron chi connectivity index (χ4n) is 2.39. The van der Waals surface area contributed by atoms with Gasteiger partial charge in [-0.05, 0) is 23.6 Å². The third-order valence-corrected chi connectivity index (χ3v) is 3.14. The lowest BCUT2D eigenvalue weighted by Gasteiger charge is -2.48. The molecule has 0 amide bonds. The molecule has 1 heterocycles. The zero-order valence-corrected chi connectivity index (χ0v) is 10.6. The van der Waals surface area contributed by atoms with Gasteiger partial charge in [0, 0.05) is 25.3 Å². The summed E-state index contributed by atoms with van der Waals surface area (Å²) in [7, 11) is 0. The van der Waals surface area contributed by atoms with Gasteiger partial charge < -0.3 is 10.2 Å². The van der Waals surface area contributed by atoms with Crippen LogP contribution in [0.25, 0.3) is 0 Å². The molecule has 0 saturated carbocycles. The van der Waals surface area contributed by atoms with Gasteiger partial charge in [0.25, 0.3) is 0 Å². The minimum atomic E-state index is 0.491. The maximum absolute atomic E-state index is 3.40. The van der Waals surface area contributed by atoms with Crippen molar-refractivity contribution in [3.8, 4) is 0 Å². The second-order valence-corrected chi connectivity index (χ2v) is 5.43. The maximum Gasteiger partial charge on any atom is 0.0412 e. The first-order chi connectivity index (χ1) is 7.62. The number of nitrogens with zero attached hydrogens (tertiary/aromatic N) is 1. The predicted molar refractivity (Wildman–Crippen MR) is 69.8 cm³/mol. The standard InChI is InChI=1S/C14H22N2/c1-4-15-9-12-7-5-6-8-13(12)16-10-14(2,3)11-16/h5-8,15H,4,9-11H2,1-3H3. The molecule has 0 bridgehead atoms. The van der Waals surface area contributed by atoms with Crippen molar-refractivity contribution in [3.63, 3.8) is 0 Å². The molecule has 0 atom stereocenters. The van der Waals surface area contributed by atoms with Gasteiger partial charge in [0.2, 0.25) is 0 Å². The van der Waals surface area contributed by atoms with Crippen LogP contribution in [0.4, 0.5) is 5.69 Å². The van der Waals surface area contributed by atoms with Crippen LogP contribution in [0.15, 0.2) is 24.3 Å². The van der Waals surface area contributed by atoms with E-state index in [2.05, 4.69) is 55.3 Å². The predicted octanol–water partition coefficient (Wildman–Crippen LogP) is 2.64. The normalized spacial score (nSPS) is 18.3. The van der Waals surface area contributed by atoms with Crippen molar-refractivity contribution in [3.05, 3.63) is 29.8 Å². The fourth-order valence-corrected chi connectivity index (χ4v) is 2.39. The van der Waals surface area contributed by atoms with Crippen molar-refractivity contribution in [2.45, 2.75) is 27.3 Å². The summed E-state index contributed by atoms with van der Waals surface area (Å²) in [6.45, 7) is 11.2. The van der Waals surface area contributed by atoms with Crippen LogP contribution >= 0.6 is 0 Å². The van der Waals surface area contributed by atoms with E-state index in [-0.39, 0.29) is 0 Å². The Balaban J connectivity index is 2.08. The van der Waals surface area contributed by atoms with Crippen molar-refractivity contribution in [2.24, 2.45) is 5.41 Å². The summed E-state index contributed by atoms with van der Waals surface area (Å²) in [5.74, 6) is 0. The van der Waals surface area contributed by atoms with E-state index in [1.165, 1.54) is 24.3 Å². The Hall–Kier alpha value is -1.02. The van der Waals surface area contributed by atoms with Gasteiger partial charge in [0.1, 0.15) is 0 Å². The van der Waals surface area contributed by atoms with Crippen LogP contribution in [-0.2, 0) is 6.54 Å². The molecule has 0 aliphatic carbocycles. The number of rotatable bonds is 4. The molecule has 16 heavy (non-hydrogen) atoms. The van der Waals surface area contributed by atoms with Crippen molar-refractivity contribution >= 4 is 5.69 Å². The molecule has 0 unspecified atom stereocenters. The van der Waals surface area contributed by atoms with E-state index in [9.17, 15) is 0 Å². The van der Waals surface area contributed by atoms with Crippen LogP contribution in [0.1, 0.15) is 26.3 Å². The molecule has 1 N–H and O–H groups in total. The summed E-state index contributed by atoms with van der Waals surface area (Å²) in [4.78, 5) is 2.48. The van der Waals surface area contributed by atoms with Gasteiger partial charge in [-0.25, -0.2) is 0 Å². The highest BCUT2D eigenvalue weighted by molar-refractivity contribution is 5.56. The number of hydrogen-bond donors (Lipinski definition) is 1. The third-order valence-electron chi connectivity index (χ3n) is 3.14. The van der Waals surface area contributed by atoms with E-state index in [4.69, 9.17) is 0 Å². The number of benzene rings is 1. The molecule has 1 aliphatic rings. The number of nitrogens with one attached hydrogen (secondary N) is 1. The van der Waals surface area contributed by atoms with Gasteiger partial charge in [0.15, 0.2) is 0 Å². The number of para-hydroxylation sites is 1. The topological polar surface area (TPSA) is 15.3 Å². The van der Waals surface area contributed by atoms with Gasteiger partial charge in [-0.2, -0.15) is 0 Å². The summed E-state index contributed by atoms with van der Waals surface area (Å²) in [5, 5.41) is 3.40. The summed E-state index contributed by atoms with van der Waals surface area (Å²) in [5.41, 5.74) is 3.31. The average Bonchev–Trinajstić information content (AvgIpc) is 2.23. The molecule has 0 aromatic heterocycles. The fraction of sp³-hybridized carbons (Fsp3) is 0.571. The lowest BCUT2D eigenvalue weighted by molar-refractivity contribution is 0.276. The lowest BCUT2D eigenvalue weighted by Crippen LogP contribution is -2.53. The molecular formula is C14H22N2. The largest absolute Gasteiger partial charge is 0.370 e. The van der Waals surface area contributed by atoms with Gasteiger partial charge in [-0.1, -0.05) is 39.0 Å². The average molecular weight is 218 g/mol. The molecule has 1 aromatic carbocycles. The minimum absolute atomic E-state index is 0.491. The summed E-state index contributed by atoms with van der Waals surface area (Å²) < 4.78 is 0. The highest BCUT2D eigenvalue weighted by Crippen LogP contribution is 2.35. The van der Waals surface area contributed by atoms with Gasteiger partial charge >= 0.3 is 0 Å². The Morgan fingerprint density at radius 1 is 1.25 bits per heavy atom. The van der Waals surface area contributed by atoms with Crippen LogP contribution in [0.3, 0.4) is 0 Å². The van der Waals surface area contributed by atoms with Crippen LogP contribution in [0.5, 0.6) is 0 Å². The third kappa shape index (κ3) is 2.38. The molecule has 88 valence electrons. The van der Waals surface area contributed by atoms with Crippen molar-refractivity contribution in [1.82, 2.24) is 5.32 Å². The van der Waals surface area contributed by atoms with Gasteiger partial charge in [-0.15, -0.1) is 0 Å². The van der Waals surface area contributed by atoms with E-state index >= 15 is 0 Å². The molecule has 2 heteroatoms. The second kappa shape index (κ2) is 4.46. The number of anilines is 1. The summed E-state index contributed by atoms with van der Waals surface area (Å²) >= 11 is 0. The Morgan fingerprint density at radius 2 is 1.94 bits per heavy atom. The Morgan fingerprint density at radius 3 is 2.56 bits per heavy atom. The summed E-state index contributed by atoms with van der Waals surface area (Å²) in [6.07, 6.45) is 0. The van der Waals surface area contributed by atoms with Crippen molar-refractivity contribution < 1.29 is 0 Å². The smallest absolute Gasteiger partial charge is 0.0412 e. The van der Waals surface area contributed by atoms with Crippen LogP contribution in [0, 0.1) is 5.41 Å². The lowest BCUT2D eigenvalue weighted by atomic mass is 9.83. The highest BCUT2D eigenvalue weighted by atomic mass is 15.2. The molecule has 1 aliphatic heterocycles. The minimum Gasteiger partial charge on any atom is -0.370 e. The van der Waals surface area contributed by atoms with E-state index < -0.39 is 0 Å². The van der Waals surface area contributed by atoms with Crippen molar-refractivity contribution in [1.29, 1.82) is 0 Å². The molecule has 0 spiro atoms. The zero-order chi connectivity index (χ0) is 11.6. The first-order valence-electron chi connectivity index (χ1n) is 6.16. The van der Waals surface area contributed by atoms with E-state index in [1.54, 1.807) is 0 Å². The molecule has 2 nitrogen and oxygen atoms in total. The maximum atomic E-state index is 3.40. The zero-order valence-electron chi connectivity index (χ0n) is 10.6. The second-order valence-electron chi connectivity index (χ2n) is 5.43. The first kappa shape index (κ1) is 11.5.